The number of amides is 2. The lowest BCUT2D eigenvalue weighted by atomic mass is 10.0. The molecule has 1 saturated carbocycles. The van der Waals surface area contributed by atoms with Gasteiger partial charge in [-0.2, -0.15) is 0 Å². The van der Waals surface area contributed by atoms with Gasteiger partial charge in [0, 0.05) is 24.9 Å². The molecule has 0 aromatic heterocycles. The second-order valence-electron chi connectivity index (χ2n) is 5.83. The van der Waals surface area contributed by atoms with E-state index in [0.717, 1.165) is 32.1 Å². The summed E-state index contributed by atoms with van der Waals surface area (Å²) in [6.07, 6.45) is 5.14. The molecule has 5 nitrogen and oxygen atoms in total. The van der Waals surface area contributed by atoms with Crippen LogP contribution in [0, 0.1) is 5.41 Å². The summed E-state index contributed by atoms with van der Waals surface area (Å²) in [7, 11) is 0. The van der Waals surface area contributed by atoms with Gasteiger partial charge < -0.3 is 15.3 Å². The first-order chi connectivity index (χ1) is 9.12. The highest BCUT2D eigenvalue weighted by Crippen LogP contribution is 2.44. The molecule has 2 amide bonds. The molecule has 5 heteroatoms. The van der Waals surface area contributed by atoms with Gasteiger partial charge in [-0.05, 0) is 32.1 Å². The molecule has 108 valence electrons. The summed E-state index contributed by atoms with van der Waals surface area (Å²) in [5.41, 5.74) is -0.0794. The van der Waals surface area contributed by atoms with E-state index in [1.165, 1.54) is 0 Å². The van der Waals surface area contributed by atoms with Gasteiger partial charge in [-0.3, -0.25) is 9.59 Å². The molecule has 1 aliphatic heterocycles. The van der Waals surface area contributed by atoms with E-state index in [1.54, 1.807) is 4.90 Å². The van der Waals surface area contributed by atoms with E-state index in [9.17, 15) is 14.7 Å². The van der Waals surface area contributed by atoms with Crippen molar-refractivity contribution in [2.24, 2.45) is 5.41 Å². The molecule has 0 aromatic carbocycles. The van der Waals surface area contributed by atoms with Crippen LogP contribution in [0.15, 0.2) is 0 Å². The largest absolute Gasteiger partial charge is 0.396 e. The summed E-state index contributed by atoms with van der Waals surface area (Å²) >= 11 is 0. The lowest BCUT2D eigenvalue weighted by molar-refractivity contribution is -0.142. The second kappa shape index (κ2) is 5.90. The van der Waals surface area contributed by atoms with Crippen LogP contribution in [0.5, 0.6) is 0 Å². The Balaban J connectivity index is 1.90. The van der Waals surface area contributed by atoms with Gasteiger partial charge in [0.25, 0.3) is 0 Å². The molecule has 2 rings (SSSR count). The van der Waals surface area contributed by atoms with Crippen LogP contribution >= 0.6 is 0 Å². The summed E-state index contributed by atoms with van der Waals surface area (Å²) < 4.78 is 0. The number of hydrogen-bond acceptors (Lipinski definition) is 3. The van der Waals surface area contributed by atoms with Crippen molar-refractivity contribution >= 4 is 11.8 Å². The van der Waals surface area contributed by atoms with E-state index in [-0.39, 0.29) is 29.9 Å². The minimum absolute atomic E-state index is 0.0544. The summed E-state index contributed by atoms with van der Waals surface area (Å²) in [6.45, 7) is 3.19. The van der Waals surface area contributed by atoms with E-state index in [0.29, 0.717) is 19.5 Å². The molecule has 0 bridgehead atoms. The SMILES string of the molecule is CCC(=O)N1CCCCC1C(=O)NCC1(CO)CC1. The van der Waals surface area contributed by atoms with Crippen molar-refractivity contribution in [3.05, 3.63) is 0 Å². The molecule has 2 N–H and O–H groups in total. The standard InChI is InChI=1S/C14H24N2O3/c1-2-12(18)16-8-4-3-5-11(16)13(19)15-9-14(10-17)6-7-14/h11,17H,2-10H2,1H3,(H,15,19). The average Bonchev–Trinajstić information content (AvgIpc) is 3.24. The van der Waals surface area contributed by atoms with Crippen LogP contribution in [-0.2, 0) is 9.59 Å². The quantitative estimate of drug-likeness (QED) is 0.770. The molecule has 1 atom stereocenters. The van der Waals surface area contributed by atoms with Gasteiger partial charge >= 0.3 is 0 Å². The second-order valence-corrected chi connectivity index (χ2v) is 5.83. The predicted molar refractivity (Wildman–Crippen MR) is 71.4 cm³/mol. The van der Waals surface area contributed by atoms with Gasteiger partial charge in [-0.1, -0.05) is 6.92 Å². The zero-order chi connectivity index (χ0) is 13.9. The minimum Gasteiger partial charge on any atom is -0.396 e. The number of hydrogen-bond donors (Lipinski definition) is 2. The molecule has 0 spiro atoms. The topological polar surface area (TPSA) is 69.6 Å². The molecule has 1 saturated heterocycles. The van der Waals surface area contributed by atoms with Crippen LogP contribution in [0.1, 0.15) is 45.4 Å². The molecular weight excluding hydrogens is 244 g/mol. The van der Waals surface area contributed by atoms with Crippen molar-refractivity contribution < 1.29 is 14.7 Å². The highest BCUT2D eigenvalue weighted by Gasteiger charge is 2.43. The highest BCUT2D eigenvalue weighted by atomic mass is 16.3. The van der Waals surface area contributed by atoms with Crippen LogP contribution in [0.4, 0.5) is 0 Å². The van der Waals surface area contributed by atoms with Gasteiger partial charge in [-0.25, -0.2) is 0 Å². The van der Waals surface area contributed by atoms with Crippen molar-refractivity contribution in [1.29, 1.82) is 0 Å². The van der Waals surface area contributed by atoms with Gasteiger partial charge in [0.1, 0.15) is 6.04 Å². The molecule has 0 radical (unpaired) electrons. The van der Waals surface area contributed by atoms with Gasteiger partial charge in [0.15, 0.2) is 0 Å². The first-order valence-electron chi connectivity index (χ1n) is 7.30. The molecule has 1 aliphatic carbocycles. The van der Waals surface area contributed by atoms with Crippen molar-refractivity contribution in [2.45, 2.75) is 51.5 Å². The number of carbonyl (C=O) groups is 2. The number of rotatable bonds is 5. The van der Waals surface area contributed by atoms with Crippen molar-refractivity contribution in [2.75, 3.05) is 19.7 Å². The van der Waals surface area contributed by atoms with E-state index >= 15 is 0 Å². The third-order valence-corrected chi connectivity index (χ3v) is 4.36. The zero-order valence-electron chi connectivity index (χ0n) is 11.7. The van der Waals surface area contributed by atoms with E-state index in [1.807, 2.05) is 6.92 Å². The van der Waals surface area contributed by atoms with Crippen molar-refractivity contribution in [1.82, 2.24) is 10.2 Å². The fourth-order valence-electron chi connectivity index (χ4n) is 2.67. The fraction of sp³-hybridized carbons (Fsp3) is 0.857. The number of aliphatic hydroxyl groups excluding tert-OH is 1. The lowest BCUT2D eigenvalue weighted by Crippen LogP contribution is -2.52. The molecule has 1 heterocycles. The van der Waals surface area contributed by atoms with Crippen molar-refractivity contribution in [3.63, 3.8) is 0 Å². The van der Waals surface area contributed by atoms with E-state index in [2.05, 4.69) is 5.32 Å². The van der Waals surface area contributed by atoms with Gasteiger partial charge in [0.2, 0.25) is 11.8 Å². The summed E-state index contributed by atoms with van der Waals surface area (Å²) in [6, 6.07) is -0.310. The molecule has 1 unspecified atom stereocenters. The Morgan fingerprint density at radius 3 is 2.68 bits per heavy atom. The minimum atomic E-state index is -0.310. The number of aliphatic hydroxyl groups is 1. The van der Waals surface area contributed by atoms with Crippen LogP contribution < -0.4 is 5.32 Å². The maximum atomic E-state index is 12.2. The zero-order valence-corrected chi connectivity index (χ0v) is 11.7. The van der Waals surface area contributed by atoms with E-state index < -0.39 is 0 Å². The third kappa shape index (κ3) is 3.26. The number of nitrogens with one attached hydrogen (secondary N) is 1. The first-order valence-corrected chi connectivity index (χ1v) is 7.30. The molecular formula is C14H24N2O3. The van der Waals surface area contributed by atoms with Gasteiger partial charge in [0.05, 0.1) is 6.61 Å². The first kappa shape index (κ1) is 14.3. The molecule has 0 aromatic rings. The number of likely N-dealkylation sites (tertiary alicyclic amines) is 1. The number of carbonyl (C=O) groups excluding carboxylic acids is 2. The smallest absolute Gasteiger partial charge is 0.242 e. The van der Waals surface area contributed by atoms with Crippen LogP contribution in [0.25, 0.3) is 0 Å². The Hall–Kier alpha value is -1.10. The van der Waals surface area contributed by atoms with Crippen LogP contribution in [-0.4, -0.2) is 47.6 Å². The third-order valence-electron chi connectivity index (χ3n) is 4.36. The Morgan fingerprint density at radius 2 is 2.11 bits per heavy atom. The fourth-order valence-corrected chi connectivity index (χ4v) is 2.67. The molecule has 19 heavy (non-hydrogen) atoms. The highest BCUT2D eigenvalue weighted by molar-refractivity contribution is 5.87. The van der Waals surface area contributed by atoms with E-state index in [4.69, 9.17) is 0 Å². The Bertz CT molecular complexity index is 353. The molecule has 2 fully saturated rings. The average molecular weight is 268 g/mol. The number of piperidine rings is 1. The molecule has 2 aliphatic rings. The monoisotopic (exact) mass is 268 g/mol. The van der Waals surface area contributed by atoms with Crippen LogP contribution in [0.3, 0.4) is 0 Å². The maximum Gasteiger partial charge on any atom is 0.242 e. The summed E-state index contributed by atoms with van der Waals surface area (Å²) in [4.78, 5) is 25.8. The number of nitrogens with zero attached hydrogens (tertiary/aromatic N) is 1. The van der Waals surface area contributed by atoms with Gasteiger partial charge in [-0.15, -0.1) is 0 Å². The summed E-state index contributed by atoms with van der Waals surface area (Å²) in [5.74, 6) is 0.00404. The van der Waals surface area contributed by atoms with Crippen LogP contribution in [0.2, 0.25) is 0 Å². The Morgan fingerprint density at radius 1 is 1.37 bits per heavy atom. The van der Waals surface area contributed by atoms with Crippen molar-refractivity contribution in [3.8, 4) is 0 Å². The maximum absolute atomic E-state index is 12.2. The normalized spacial score (nSPS) is 24.9. The Labute approximate surface area is 114 Å². The predicted octanol–water partition coefficient (Wildman–Crippen LogP) is 0.666. The Kier molecular flexibility index (Phi) is 4.45. The lowest BCUT2D eigenvalue weighted by Gasteiger charge is -2.34. The summed E-state index contributed by atoms with van der Waals surface area (Å²) in [5, 5.41) is 12.2.